The number of ether oxygens (including phenoxy) is 2. The Kier molecular flexibility index (Phi) is 13.1. The molecular formula is C23H33BrO4. The number of halogens is 1. The molecule has 0 bridgehead atoms. The molecule has 0 fully saturated rings. The third kappa shape index (κ3) is 6.79. The van der Waals surface area contributed by atoms with E-state index >= 15 is 0 Å². The maximum Gasteiger partial charge on any atom is 0.163 e. The van der Waals surface area contributed by atoms with Crippen LogP contribution in [0.1, 0.15) is 67.5 Å². The molecule has 0 amide bonds. The average molecular weight is 453 g/mol. The Morgan fingerprint density at radius 2 is 1.54 bits per heavy atom. The van der Waals surface area contributed by atoms with Crippen molar-refractivity contribution in [3.63, 3.8) is 0 Å². The highest BCUT2D eigenvalue weighted by Crippen LogP contribution is 2.25. The first kappa shape index (κ1) is 28.1. The summed E-state index contributed by atoms with van der Waals surface area (Å²) in [7, 11) is 3.25. The minimum atomic E-state index is 0. The van der Waals surface area contributed by atoms with E-state index in [1.807, 2.05) is 24.3 Å². The zero-order valence-electron chi connectivity index (χ0n) is 14.6. The van der Waals surface area contributed by atoms with Crippen molar-refractivity contribution in [3.8, 4) is 11.5 Å². The van der Waals surface area contributed by atoms with Gasteiger partial charge < -0.3 is 9.47 Å². The molecule has 156 valence electrons. The van der Waals surface area contributed by atoms with Crippen LogP contribution >= 0.6 is 15.9 Å². The number of aryl methyl sites for hydroxylation is 1. The van der Waals surface area contributed by atoms with Gasteiger partial charge in [0.15, 0.2) is 11.6 Å². The van der Waals surface area contributed by atoms with Crippen molar-refractivity contribution in [2.75, 3.05) is 14.2 Å². The minimum Gasteiger partial charge on any atom is -0.497 e. The lowest BCUT2D eigenvalue weighted by molar-refractivity contribution is 0.0991. The van der Waals surface area contributed by atoms with E-state index < -0.39 is 0 Å². The quantitative estimate of drug-likeness (QED) is 0.390. The predicted molar refractivity (Wildman–Crippen MR) is 121 cm³/mol. The van der Waals surface area contributed by atoms with Crippen LogP contribution in [0.15, 0.2) is 36.4 Å². The number of hydrogen-bond donors (Lipinski definition) is 0. The molecule has 2 aromatic carbocycles. The number of methoxy groups -OCH3 is 2. The second-order valence-corrected chi connectivity index (χ2v) is 6.22. The van der Waals surface area contributed by atoms with Gasteiger partial charge in [-0.05, 0) is 60.9 Å². The van der Waals surface area contributed by atoms with E-state index in [0.29, 0.717) is 11.8 Å². The van der Waals surface area contributed by atoms with Gasteiger partial charge in [0.1, 0.15) is 11.5 Å². The Hall–Kier alpha value is -2.14. The van der Waals surface area contributed by atoms with Crippen molar-refractivity contribution in [3.05, 3.63) is 58.7 Å². The lowest BCUT2D eigenvalue weighted by Crippen LogP contribution is -1.98. The van der Waals surface area contributed by atoms with Crippen LogP contribution in [0.5, 0.6) is 11.5 Å². The van der Waals surface area contributed by atoms with E-state index in [4.69, 9.17) is 9.47 Å². The molecule has 0 saturated heterocycles. The number of carbonyl (C=O) groups is 2. The van der Waals surface area contributed by atoms with Crippen LogP contribution in [0.2, 0.25) is 0 Å². The van der Waals surface area contributed by atoms with Crippen LogP contribution in [0, 0.1) is 0 Å². The van der Waals surface area contributed by atoms with Gasteiger partial charge in [-0.25, -0.2) is 0 Å². The molecule has 0 heterocycles. The molecule has 4 nitrogen and oxygen atoms in total. The van der Waals surface area contributed by atoms with Crippen LogP contribution in [0.4, 0.5) is 0 Å². The maximum absolute atomic E-state index is 11.2. The van der Waals surface area contributed by atoms with Crippen LogP contribution in [-0.4, -0.2) is 25.8 Å². The van der Waals surface area contributed by atoms with Crippen molar-refractivity contribution >= 4 is 27.5 Å². The number of benzene rings is 2. The molecule has 0 aromatic heterocycles. The average Bonchev–Trinajstić information content (AvgIpc) is 3.01. The zero-order chi connectivity index (χ0) is 18.4. The van der Waals surface area contributed by atoms with Gasteiger partial charge in [-0.1, -0.05) is 38.2 Å². The smallest absolute Gasteiger partial charge is 0.163 e. The summed E-state index contributed by atoms with van der Waals surface area (Å²) in [5.74, 6) is 1.95. The van der Waals surface area contributed by atoms with Gasteiger partial charge in [0.2, 0.25) is 0 Å². The summed E-state index contributed by atoms with van der Waals surface area (Å²) in [6.45, 7) is 1.56. The third-order valence-electron chi connectivity index (χ3n) is 4.07. The Labute approximate surface area is 178 Å². The van der Waals surface area contributed by atoms with E-state index in [-0.39, 0.29) is 33.8 Å². The first-order chi connectivity index (χ1) is 12.0. The molecule has 0 atom stereocenters. The standard InChI is InChI=1S/C10H11BrO2.C10H10O2.3CH4/c1-7(12)10-4-3-9(13-2)5-8(10)6-11;1-12-8-3-4-9-7(6-8)2-5-10(9)11;;;/h3-5H,6H2,1-2H3;3-4,6H,2,5H2,1H3;3*1H4. The van der Waals surface area contributed by atoms with Crippen molar-refractivity contribution in [2.24, 2.45) is 0 Å². The van der Waals surface area contributed by atoms with Crippen LogP contribution in [-0.2, 0) is 11.8 Å². The molecular weight excluding hydrogens is 420 g/mol. The van der Waals surface area contributed by atoms with Crippen LogP contribution < -0.4 is 9.47 Å². The van der Waals surface area contributed by atoms with Crippen molar-refractivity contribution in [1.29, 1.82) is 0 Å². The van der Waals surface area contributed by atoms with E-state index in [9.17, 15) is 9.59 Å². The first-order valence-electron chi connectivity index (χ1n) is 7.94. The highest BCUT2D eigenvalue weighted by molar-refractivity contribution is 9.08. The number of ketones is 2. The third-order valence-corrected chi connectivity index (χ3v) is 4.67. The normalized spacial score (nSPS) is 10.8. The monoisotopic (exact) mass is 452 g/mol. The van der Waals surface area contributed by atoms with Gasteiger partial charge in [0.05, 0.1) is 14.2 Å². The summed E-state index contributed by atoms with van der Waals surface area (Å²) < 4.78 is 10.1. The molecule has 28 heavy (non-hydrogen) atoms. The Morgan fingerprint density at radius 3 is 2.07 bits per heavy atom. The fourth-order valence-electron chi connectivity index (χ4n) is 2.71. The Balaban J connectivity index is 0. The number of Topliss-reactive ketones (excluding diaryl/α,β-unsaturated/α-hetero) is 2. The van der Waals surface area contributed by atoms with Gasteiger partial charge in [-0.3, -0.25) is 9.59 Å². The van der Waals surface area contributed by atoms with Gasteiger partial charge in [-0.2, -0.15) is 0 Å². The minimum absolute atomic E-state index is 0. The number of fused-ring (bicyclic) bond motifs is 1. The summed E-state index contributed by atoms with van der Waals surface area (Å²) in [5.41, 5.74) is 3.71. The first-order valence-corrected chi connectivity index (χ1v) is 9.06. The molecule has 0 spiro atoms. The number of rotatable bonds is 4. The molecule has 0 unspecified atom stereocenters. The number of carbonyl (C=O) groups excluding carboxylic acids is 2. The second kappa shape index (κ2) is 13.1. The molecule has 0 saturated carbocycles. The lowest BCUT2D eigenvalue weighted by Gasteiger charge is -2.06. The van der Waals surface area contributed by atoms with Crippen molar-refractivity contribution in [2.45, 2.75) is 47.4 Å². The largest absolute Gasteiger partial charge is 0.497 e. The highest BCUT2D eigenvalue weighted by atomic mass is 79.9. The Morgan fingerprint density at radius 1 is 0.964 bits per heavy atom. The van der Waals surface area contributed by atoms with Gasteiger partial charge in [-0.15, -0.1) is 0 Å². The molecule has 0 N–H and O–H groups in total. The topological polar surface area (TPSA) is 52.6 Å². The zero-order valence-corrected chi connectivity index (χ0v) is 16.2. The lowest BCUT2D eigenvalue weighted by atomic mass is 10.1. The van der Waals surface area contributed by atoms with Gasteiger partial charge >= 0.3 is 0 Å². The summed E-state index contributed by atoms with van der Waals surface area (Å²) >= 11 is 3.33. The SMILES string of the molecule is C.C.C.COc1ccc(C(C)=O)c(CBr)c1.COc1ccc2c(c1)CCC2=O. The van der Waals surface area contributed by atoms with Gasteiger partial charge in [0.25, 0.3) is 0 Å². The highest BCUT2D eigenvalue weighted by Gasteiger charge is 2.19. The summed E-state index contributed by atoms with van der Waals surface area (Å²) in [5, 5.41) is 0.666. The van der Waals surface area contributed by atoms with Gasteiger partial charge in [0, 0.05) is 22.9 Å². The fraction of sp³-hybridized carbons (Fsp3) is 0.391. The molecule has 2 aromatic rings. The number of alkyl halides is 1. The maximum atomic E-state index is 11.2. The van der Waals surface area contributed by atoms with E-state index in [0.717, 1.165) is 40.2 Å². The molecule has 3 rings (SSSR count). The molecule has 1 aliphatic rings. The molecule has 0 aliphatic heterocycles. The molecule has 1 aliphatic carbocycles. The molecule has 0 radical (unpaired) electrons. The summed E-state index contributed by atoms with van der Waals surface area (Å²) in [4.78, 5) is 22.4. The van der Waals surface area contributed by atoms with Crippen molar-refractivity contribution < 1.29 is 19.1 Å². The number of hydrogen-bond acceptors (Lipinski definition) is 4. The Bertz CT molecular complexity index is 784. The molecule has 5 heteroatoms. The fourth-order valence-corrected chi connectivity index (χ4v) is 3.17. The van der Waals surface area contributed by atoms with Crippen LogP contribution in [0.3, 0.4) is 0 Å². The summed E-state index contributed by atoms with van der Waals surface area (Å²) in [6.07, 6.45) is 1.52. The van der Waals surface area contributed by atoms with Crippen LogP contribution in [0.25, 0.3) is 0 Å². The van der Waals surface area contributed by atoms with E-state index in [2.05, 4.69) is 15.9 Å². The van der Waals surface area contributed by atoms with Crippen molar-refractivity contribution in [1.82, 2.24) is 0 Å². The van der Waals surface area contributed by atoms with E-state index in [1.165, 1.54) is 0 Å². The second-order valence-electron chi connectivity index (χ2n) is 5.66. The van der Waals surface area contributed by atoms with E-state index in [1.54, 1.807) is 33.3 Å². The summed E-state index contributed by atoms with van der Waals surface area (Å²) in [6, 6.07) is 11.1. The predicted octanol–water partition coefficient (Wildman–Crippen LogP) is 6.53.